The number of alkyl halides is 1. The van der Waals surface area contributed by atoms with Gasteiger partial charge in [-0.3, -0.25) is 62.5 Å². The van der Waals surface area contributed by atoms with Crippen molar-refractivity contribution in [2.45, 2.75) is 260 Å². The van der Waals surface area contributed by atoms with Gasteiger partial charge in [0.05, 0.1) is 116 Å². The van der Waals surface area contributed by atoms with Crippen LogP contribution in [0.15, 0.2) is 192 Å². The van der Waals surface area contributed by atoms with Gasteiger partial charge in [0.1, 0.15) is 13.2 Å². The van der Waals surface area contributed by atoms with Crippen LogP contribution in [0.3, 0.4) is 0 Å². The van der Waals surface area contributed by atoms with Crippen LogP contribution in [0.1, 0.15) is 268 Å². The number of methoxy groups -OCH3 is 5. The number of fused-ring (bicyclic) bond motifs is 2. The van der Waals surface area contributed by atoms with Gasteiger partial charge in [-0.2, -0.15) is 0 Å². The molecule has 6 N–H and O–H groups in total. The topological polar surface area (TPSA) is 409 Å². The second kappa shape index (κ2) is 61.1. The second-order valence-electron chi connectivity index (χ2n) is 38.9. The number of nitrogens with two attached hydrogens (primary N) is 1. The molecule has 13 rings (SSSR count). The van der Waals surface area contributed by atoms with E-state index < -0.39 is 69.1 Å². The van der Waals surface area contributed by atoms with Crippen LogP contribution in [-0.2, 0) is 104 Å². The van der Waals surface area contributed by atoms with E-state index in [0.717, 1.165) is 146 Å². The number of ether oxygens (including phenoxy) is 7. The SMILES string of the molecule is C=C(C)CBr.C=C(C)CC(C(=O)OCc1ccccc1)C1(C(=O)OC)CCCCC1.CN1C(=O)C(N)N=C(c2ccc(Cl)cc2)c2ccccc21.COC(=O)C1(C(CC(C)C)C(=O)NC2N=C(c3ccc(Cl)cc3)c3ccccc3N(C)C2=O)CCCCC1.COC(=O)C1(C(CC(C)C)C(=O)O)CCCCC1.COC(=O)C1(CC(=O)O)CCCCC1.COC(=O)C1(CC(=O)OCc2ccccc2)CCCCC1.[Li+].[OH-]. The van der Waals surface area contributed by atoms with Crippen LogP contribution in [0.2, 0.25) is 10.0 Å². The predicted molar refractivity (Wildman–Crippen MR) is 558 cm³/mol. The summed E-state index contributed by atoms with van der Waals surface area (Å²) < 4.78 is 35.7. The molecule has 5 aliphatic carbocycles. The normalized spacial score (nSPS) is 18.1. The van der Waals surface area contributed by atoms with Gasteiger partial charge in [-0.15, -0.1) is 6.58 Å². The van der Waals surface area contributed by atoms with E-state index in [1.807, 2.05) is 175 Å². The molecule has 7 aliphatic rings. The first kappa shape index (κ1) is 124. The zero-order valence-corrected chi connectivity index (χ0v) is 89.5. The molecule has 0 aromatic heterocycles. The van der Waals surface area contributed by atoms with E-state index in [-0.39, 0.29) is 122 Å². The van der Waals surface area contributed by atoms with E-state index in [1.54, 1.807) is 43.3 Å². The minimum Gasteiger partial charge on any atom is -0.870 e. The van der Waals surface area contributed by atoms with Crippen LogP contribution in [0.25, 0.3) is 0 Å². The number of amides is 3. The van der Waals surface area contributed by atoms with Crippen molar-refractivity contribution in [3.63, 3.8) is 0 Å². The Morgan fingerprint density at radius 2 is 0.792 bits per heavy atom. The van der Waals surface area contributed by atoms with Crippen molar-refractivity contribution in [1.29, 1.82) is 0 Å². The van der Waals surface area contributed by atoms with Crippen molar-refractivity contribution in [3.05, 3.63) is 225 Å². The average molecular weight is 2090 g/mol. The van der Waals surface area contributed by atoms with E-state index >= 15 is 0 Å². The van der Waals surface area contributed by atoms with Gasteiger partial charge in [0.15, 0.2) is 6.17 Å². The minimum absolute atomic E-state index is 0. The fraction of sp³-hybridized carbons (Fsp3) is 0.518. The Hall–Kier alpha value is -10.6. The first-order valence-electron chi connectivity index (χ1n) is 49.3. The summed E-state index contributed by atoms with van der Waals surface area (Å²) in [6, 6.07) is 48.8. The molecule has 5 saturated carbocycles. The molecule has 5 fully saturated rings. The van der Waals surface area contributed by atoms with Gasteiger partial charge in [0, 0.05) is 51.7 Å². The van der Waals surface area contributed by atoms with E-state index in [0.29, 0.717) is 111 Å². The molecule has 780 valence electrons. The van der Waals surface area contributed by atoms with Crippen molar-refractivity contribution in [2.24, 2.45) is 72.4 Å². The summed E-state index contributed by atoms with van der Waals surface area (Å²) in [4.78, 5) is 161. The summed E-state index contributed by atoms with van der Waals surface area (Å²) in [5, 5.41) is 23.3. The molecule has 5 unspecified atom stereocenters. The largest absolute Gasteiger partial charge is 1.00 e. The maximum absolute atomic E-state index is 14.0. The van der Waals surface area contributed by atoms with Crippen LogP contribution in [0, 0.1) is 56.7 Å². The molecule has 0 bridgehead atoms. The van der Waals surface area contributed by atoms with E-state index in [9.17, 15) is 62.6 Å². The summed E-state index contributed by atoms with van der Waals surface area (Å²) in [5.41, 5.74) is 12.0. The van der Waals surface area contributed by atoms with Crippen molar-refractivity contribution >= 4 is 133 Å². The summed E-state index contributed by atoms with van der Waals surface area (Å²) in [7, 11) is 10.2. The summed E-state index contributed by atoms with van der Waals surface area (Å²) in [6.07, 6.45) is 20.5. The Morgan fingerprint density at radius 3 is 1.15 bits per heavy atom. The molecule has 3 amide bonds. The molecule has 0 spiro atoms. The number of aliphatic imine (C=N–C) groups is 2. The fourth-order valence-corrected chi connectivity index (χ4v) is 20.5. The van der Waals surface area contributed by atoms with Gasteiger partial charge < -0.3 is 69.7 Å². The predicted octanol–water partition coefficient (Wildman–Crippen LogP) is 18.7. The number of likely N-dealkylation sites (N-methyl/N-ethyl adjacent to an activating group) is 2. The smallest absolute Gasteiger partial charge is 0.870 e. The molecule has 6 aromatic carbocycles. The third-order valence-electron chi connectivity index (χ3n) is 27.6. The minimum atomic E-state index is -1.15. The third-order valence-corrected chi connectivity index (χ3v) is 29.1. The second-order valence-corrected chi connectivity index (χ2v) is 40.4. The standard InChI is InChI=1S/C30H36ClN3O4.C21H28O4.C17H22O4.C16H14ClN3O.C14H24O4.C10H16O4.C4H7Br.Li.H2O/c1-19(2)18-23(30(29(37)38-4)16-8-5-9-17-30)27(35)33-26-28(36)34(3)24-11-7-6-10-22(24)25(32-26)20-12-14-21(31)15-13-20;1-16(2)14-18(19(22)25-15-17-10-6-4-7-11-17)21(20(23)24-3)12-8-5-9-13-21;1-20-16(19)17(10-6-3-7-11-17)12-15(18)21-13-14-8-4-2-5-9-14;1-20-13-5-3-2-4-12(13)14(19-15(18)16(20)21)10-6-8-11(17)9-7-10;1-10(2)9-11(12(15)16)14(13(17)18-3)7-5-4-6-8-14;1-14-9(13)10(7-8(11)12)5-3-2-4-6-10;1-4(2)3-5;;/h6-7,10-15,19,23,26H,5,8-9,16-18H2,1-4H3,(H,33,35);4,6-7,10-11,18H,1,5,8-9,12-15H2,2-3H3;2,4-5,8-9H,3,6-7,10-13H2,1H3;2-9,15H,18H2,1H3;10-11H,4-9H2,1-3H3,(H,15,16);2-7H2,1H3,(H,11,12);1,3H2,2H3;;1H2/q;;;;;;;+1;/p-1. The zero-order valence-electron chi connectivity index (χ0n) is 86.4. The number of hydrogen-bond acceptors (Lipinski definition) is 23. The number of para-hydroxylation sites is 2. The molecule has 0 radical (unpaired) electrons. The molecule has 6 aromatic rings. The number of carboxylic acid groups (broad SMARTS) is 2. The monoisotopic (exact) mass is 2080 g/mol. The number of benzodiazepines with no additional fused rings is 2. The molecule has 2 heterocycles. The van der Waals surface area contributed by atoms with Crippen molar-refractivity contribution in [2.75, 3.05) is 64.8 Å². The van der Waals surface area contributed by atoms with E-state index in [4.69, 9.17) is 72.2 Å². The van der Waals surface area contributed by atoms with E-state index in [1.165, 1.54) is 46.0 Å². The molecule has 2 aliphatic heterocycles. The molecule has 32 heteroatoms. The number of nitrogens with zero attached hydrogens (tertiary/aromatic N) is 4. The van der Waals surface area contributed by atoms with Crippen LogP contribution >= 0.6 is 39.1 Å². The number of anilines is 2. The molecular weight excluding hydrogens is 1940 g/mol. The van der Waals surface area contributed by atoms with Crippen LogP contribution in [0.5, 0.6) is 0 Å². The van der Waals surface area contributed by atoms with Gasteiger partial charge in [0.2, 0.25) is 12.1 Å². The van der Waals surface area contributed by atoms with Gasteiger partial charge in [-0.25, -0.2) is 4.99 Å². The van der Waals surface area contributed by atoms with Crippen molar-refractivity contribution in [1.82, 2.24) is 5.32 Å². The quantitative estimate of drug-likeness (QED) is 0.0111. The average Bonchev–Trinajstić information content (AvgIpc) is 1.45. The number of aliphatic carboxylic acids is 2. The van der Waals surface area contributed by atoms with Gasteiger partial charge in [-0.05, 0) is 157 Å². The number of esters is 7. The first-order chi connectivity index (χ1) is 67.7. The van der Waals surface area contributed by atoms with Gasteiger partial charge in [0.25, 0.3) is 11.8 Å². The summed E-state index contributed by atoms with van der Waals surface area (Å²) >= 11 is 15.3. The van der Waals surface area contributed by atoms with E-state index in [2.05, 4.69) is 39.4 Å². The van der Waals surface area contributed by atoms with Crippen molar-refractivity contribution in [3.8, 4) is 0 Å². The third kappa shape index (κ3) is 34.8. The number of carbonyl (C=O) groups excluding carboxylic acids is 10. The number of hydrogen-bond donors (Lipinski definition) is 4. The number of allylic oxidation sites excluding steroid dienone is 2. The Morgan fingerprint density at radius 1 is 0.458 bits per heavy atom. The van der Waals surface area contributed by atoms with Crippen LogP contribution in [0.4, 0.5) is 11.4 Å². The fourth-order valence-electron chi connectivity index (χ4n) is 20.2. The Labute approximate surface area is 880 Å². The Kier molecular flexibility index (Phi) is 52.5. The molecule has 0 saturated heterocycles. The Bertz CT molecular complexity index is 5260. The number of carbonyl (C=O) groups is 12. The number of nitrogens with one attached hydrogen (secondary N) is 1. The summed E-state index contributed by atoms with van der Waals surface area (Å²) in [5.74, 6) is -6.36. The molecule has 144 heavy (non-hydrogen) atoms. The van der Waals surface area contributed by atoms with Crippen LogP contribution in [-0.4, -0.2) is 166 Å². The number of benzene rings is 6. The number of halogens is 3. The number of carboxylic acids is 2. The summed E-state index contributed by atoms with van der Waals surface area (Å²) in [6.45, 7) is 19.9. The maximum Gasteiger partial charge on any atom is 1.00 e. The Balaban J connectivity index is 0.000000308. The molecule has 28 nitrogen and oxygen atoms in total. The molecule has 5 atom stereocenters. The maximum atomic E-state index is 14.0. The van der Waals surface area contributed by atoms with Gasteiger partial charge >= 0.3 is 72.6 Å². The first-order valence-corrected chi connectivity index (χ1v) is 51.2. The zero-order chi connectivity index (χ0) is 104. The molecular formula is C112H148BrCl2LiN6O22. The van der Waals surface area contributed by atoms with Crippen LogP contribution < -0.4 is 39.7 Å². The number of rotatable bonds is 29. The van der Waals surface area contributed by atoms with Crippen molar-refractivity contribution < 1.29 is 125 Å². The van der Waals surface area contributed by atoms with Gasteiger partial charge in [-0.1, -0.05) is 302 Å².